The van der Waals surface area contributed by atoms with E-state index in [0.29, 0.717) is 12.0 Å². The van der Waals surface area contributed by atoms with Crippen molar-refractivity contribution in [3.8, 4) is 0 Å². The van der Waals surface area contributed by atoms with Gasteiger partial charge in [0.15, 0.2) is 0 Å². The lowest BCUT2D eigenvalue weighted by Gasteiger charge is -2.41. The second-order valence-electron chi connectivity index (χ2n) is 27.9. The highest BCUT2D eigenvalue weighted by Gasteiger charge is 2.46. The topological polar surface area (TPSA) is 313 Å². The molecule has 93 heavy (non-hydrogen) atoms. The van der Waals surface area contributed by atoms with Crippen LogP contribution in [0.4, 0.5) is 0 Å². The Kier molecular flexibility index (Phi) is 35.3. The summed E-state index contributed by atoms with van der Waals surface area (Å²) in [6.45, 7) is 30.1. The molecular formula is C69H119N11O13. The minimum atomic E-state index is -1.63. The number of carboxylic acid groups (broad SMARTS) is 1. The fourth-order valence-electron chi connectivity index (χ4n) is 11.5. The van der Waals surface area contributed by atoms with Gasteiger partial charge in [-0.25, -0.2) is 4.79 Å². The van der Waals surface area contributed by atoms with Crippen LogP contribution in [0.2, 0.25) is 0 Å². The van der Waals surface area contributed by atoms with Gasteiger partial charge in [-0.15, -0.1) is 0 Å². The Morgan fingerprint density at radius 2 is 0.882 bits per heavy atom. The Labute approximate surface area is 555 Å². The van der Waals surface area contributed by atoms with E-state index in [4.69, 9.17) is 5.73 Å². The number of aliphatic hydroxyl groups excluding tert-OH is 1. The van der Waals surface area contributed by atoms with Crippen molar-refractivity contribution in [3.63, 3.8) is 0 Å². The van der Waals surface area contributed by atoms with Crippen LogP contribution in [-0.2, 0) is 59.2 Å². The Morgan fingerprint density at radius 3 is 1.30 bits per heavy atom. The molecule has 0 heterocycles. The van der Waals surface area contributed by atoms with Crippen LogP contribution in [-0.4, -0.2) is 231 Å². The number of hydrogen-bond acceptors (Lipinski definition) is 13. The maximum atomic E-state index is 15.2. The van der Waals surface area contributed by atoms with Crippen LogP contribution in [0.3, 0.4) is 0 Å². The van der Waals surface area contributed by atoms with Gasteiger partial charge in [-0.05, 0) is 106 Å². The highest BCUT2D eigenvalue weighted by molar-refractivity contribution is 5.99. The van der Waals surface area contributed by atoms with Gasteiger partial charge >= 0.3 is 5.97 Å². The molecule has 7 N–H and O–H groups in total. The molecule has 0 fully saturated rings. The Bertz CT molecular complexity index is 2670. The number of nitrogens with two attached hydrogens (primary N) is 1. The Morgan fingerprint density at radius 1 is 0.473 bits per heavy atom. The Hall–Kier alpha value is -6.95. The number of nitrogens with one attached hydrogen (secondary N) is 3. The number of carbonyl (C=O) groups excluding carboxylic acids is 10. The van der Waals surface area contributed by atoms with Gasteiger partial charge in [0.05, 0.1) is 12.1 Å². The zero-order valence-corrected chi connectivity index (χ0v) is 60.6. The van der Waals surface area contributed by atoms with E-state index in [1.807, 2.05) is 55.4 Å². The SMILES string of the molecule is C/C=C/C[C@@H](C)[C@@H](O)[C@@H](C(=O)N[C@@H](CC)C(=O)N(C)[C@H](C)C(=O)N(C)[C@@H](CC(C)C)C(=O)N[C@H](C(=O)N(C)[C@@H](CC(C)C)C(=O)N[C@@H](Cc1ccccc1)C(=O)O)C(C)C)N(C)C(=O)[C@H](C(C)C)N(C)C(=O)[C@H](CC(C)C)N(C)C(=O)[C@H](CC(C)C)N(C)C(=O)[C@@H](C)N. The molecule has 10 amide bonds. The second kappa shape index (κ2) is 39.0. The lowest BCUT2D eigenvalue weighted by Crippen LogP contribution is -2.64. The summed E-state index contributed by atoms with van der Waals surface area (Å²) < 4.78 is 0. The van der Waals surface area contributed by atoms with Crippen molar-refractivity contribution in [3.05, 3.63) is 48.0 Å². The number of aliphatic hydroxyl groups is 1. The standard InChI is InChI=1S/C69H119N11O13/c1-25-27-31-45(15)58(81)57(80(24)68(91)56(44(13)14)79(23)66(89)54(37-42(9)10)78(22)65(88)53(36-41(7)8)77(21)62(85)46(16)70)61(84)71-49(26-2)64(87)74(18)47(17)63(86)75(19)52(35-40(5)6)60(83)73-55(43(11)12)67(90)76(20)51(34-39(3)4)59(82)72-50(69(92)93)38-48-32-29-28-30-33-48/h25,27-30,32-33,39-47,49-58,81H,26,31,34-38,70H2,1-24H3,(H,71,84)(H,72,82)(H,73,83)(H,92,93)/b27-25+/t45-,46-,47-,49+,50+,51+,52+,53+,54+,55+,56+,57+,58-/m1/s1. The quantitative estimate of drug-likeness (QED) is 0.0485. The highest BCUT2D eigenvalue weighted by Crippen LogP contribution is 2.26. The van der Waals surface area contributed by atoms with Crippen LogP contribution in [0.5, 0.6) is 0 Å². The molecule has 1 rings (SSSR count). The lowest BCUT2D eigenvalue weighted by atomic mass is 9.91. The number of likely N-dealkylation sites (N-methyl/N-ethyl adjacent to an activating group) is 7. The fraction of sp³-hybridized carbons (Fsp3) is 0.725. The summed E-state index contributed by atoms with van der Waals surface area (Å²) in [5.41, 5.74) is 6.65. The average molecular weight is 1310 g/mol. The van der Waals surface area contributed by atoms with Crippen molar-refractivity contribution >= 4 is 65.0 Å². The molecule has 0 aliphatic carbocycles. The number of carbonyl (C=O) groups is 11. The number of nitrogens with zero attached hydrogens (tertiary/aromatic N) is 7. The number of hydrogen-bond donors (Lipinski definition) is 6. The van der Waals surface area contributed by atoms with Gasteiger partial charge in [0.2, 0.25) is 59.1 Å². The molecular weight excluding hydrogens is 1190 g/mol. The molecule has 13 atom stereocenters. The predicted molar refractivity (Wildman–Crippen MR) is 361 cm³/mol. The third kappa shape index (κ3) is 24.4. The zero-order valence-electron chi connectivity index (χ0n) is 60.6. The monoisotopic (exact) mass is 1310 g/mol. The van der Waals surface area contributed by atoms with Crippen LogP contribution in [0.15, 0.2) is 42.5 Å². The van der Waals surface area contributed by atoms with E-state index in [-0.39, 0.29) is 62.2 Å². The van der Waals surface area contributed by atoms with Gasteiger partial charge in [-0.1, -0.05) is 139 Å². The molecule has 528 valence electrons. The number of allylic oxidation sites excluding steroid dienone is 2. The molecule has 0 saturated carbocycles. The van der Waals surface area contributed by atoms with Crippen molar-refractivity contribution in [2.45, 2.75) is 235 Å². The number of amides is 10. The zero-order chi connectivity index (χ0) is 72.0. The van der Waals surface area contributed by atoms with Crippen molar-refractivity contribution in [2.24, 2.45) is 47.2 Å². The van der Waals surface area contributed by atoms with Crippen LogP contribution in [0.1, 0.15) is 162 Å². The van der Waals surface area contributed by atoms with Gasteiger partial charge < -0.3 is 66.2 Å². The summed E-state index contributed by atoms with van der Waals surface area (Å²) in [7, 11) is 10.0. The van der Waals surface area contributed by atoms with Crippen LogP contribution >= 0.6 is 0 Å². The number of benzene rings is 1. The first kappa shape index (κ1) is 84.1. The maximum Gasteiger partial charge on any atom is 0.326 e. The van der Waals surface area contributed by atoms with Crippen molar-refractivity contribution in [2.75, 3.05) is 49.3 Å². The van der Waals surface area contributed by atoms with Crippen molar-refractivity contribution in [1.29, 1.82) is 0 Å². The van der Waals surface area contributed by atoms with E-state index < -0.39 is 155 Å². The average Bonchev–Trinajstić information content (AvgIpc) is 0.840. The Balaban J connectivity index is 3.71. The van der Waals surface area contributed by atoms with Crippen LogP contribution < -0.4 is 21.7 Å². The third-order valence-electron chi connectivity index (χ3n) is 17.4. The summed E-state index contributed by atoms with van der Waals surface area (Å²) in [5.74, 6) is -9.84. The summed E-state index contributed by atoms with van der Waals surface area (Å²) in [5, 5.41) is 30.5. The molecule has 1 aromatic rings. The first-order valence-corrected chi connectivity index (χ1v) is 33.1. The van der Waals surface area contributed by atoms with E-state index in [9.17, 15) is 58.2 Å². The molecule has 0 aliphatic heterocycles. The summed E-state index contributed by atoms with van der Waals surface area (Å²) in [6, 6.07) is -4.33. The van der Waals surface area contributed by atoms with E-state index in [1.165, 1.54) is 87.7 Å². The van der Waals surface area contributed by atoms with E-state index in [2.05, 4.69) is 16.0 Å². The van der Waals surface area contributed by atoms with Crippen molar-refractivity contribution < 1.29 is 63.0 Å². The number of rotatable bonds is 38. The predicted octanol–water partition coefficient (Wildman–Crippen LogP) is 4.79. The van der Waals surface area contributed by atoms with Crippen molar-refractivity contribution in [1.82, 2.24) is 50.2 Å². The molecule has 0 aliphatic rings. The first-order chi connectivity index (χ1) is 43.0. The largest absolute Gasteiger partial charge is 0.480 e. The van der Waals surface area contributed by atoms with Gasteiger partial charge in [0.1, 0.15) is 60.4 Å². The molecule has 0 spiro atoms. The fourth-order valence-corrected chi connectivity index (χ4v) is 11.5. The molecule has 0 radical (unpaired) electrons. The summed E-state index contributed by atoms with van der Waals surface area (Å²) >= 11 is 0. The molecule has 1 aromatic carbocycles. The normalized spacial score (nSPS) is 16.0. The van der Waals surface area contributed by atoms with E-state index in [1.54, 1.807) is 91.0 Å². The minimum absolute atomic E-state index is 0.00189. The molecule has 24 nitrogen and oxygen atoms in total. The molecule has 24 heteroatoms. The second-order valence-corrected chi connectivity index (χ2v) is 27.9. The van der Waals surface area contributed by atoms with Crippen LogP contribution in [0.25, 0.3) is 0 Å². The van der Waals surface area contributed by atoms with Gasteiger partial charge in [-0.3, -0.25) is 47.9 Å². The van der Waals surface area contributed by atoms with E-state index in [0.717, 1.165) is 9.80 Å². The number of carboxylic acids is 1. The molecule has 0 aromatic heterocycles. The maximum absolute atomic E-state index is 15.2. The highest BCUT2D eigenvalue weighted by atomic mass is 16.4. The number of aliphatic carboxylic acids is 1. The van der Waals surface area contributed by atoms with Gasteiger partial charge in [0.25, 0.3) is 0 Å². The minimum Gasteiger partial charge on any atom is -0.480 e. The van der Waals surface area contributed by atoms with Crippen LogP contribution in [0, 0.1) is 41.4 Å². The molecule has 0 bridgehead atoms. The first-order valence-electron chi connectivity index (χ1n) is 33.1. The summed E-state index contributed by atoms with van der Waals surface area (Å²) in [6.07, 6.45) is 3.14. The molecule has 0 saturated heterocycles. The smallest absolute Gasteiger partial charge is 0.326 e. The lowest BCUT2D eigenvalue weighted by molar-refractivity contribution is -0.157. The van der Waals surface area contributed by atoms with E-state index >= 15 is 4.79 Å². The third-order valence-corrected chi connectivity index (χ3v) is 17.4. The van der Waals surface area contributed by atoms with Gasteiger partial charge in [0, 0.05) is 55.8 Å². The molecule has 0 unspecified atom stereocenters. The summed E-state index contributed by atoms with van der Waals surface area (Å²) in [4.78, 5) is 166. The van der Waals surface area contributed by atoms with Gasteiger partial charge in [-0.2, -0.15) is 0 Å².